The molecule has 13 heavy (non-hydrogen) atoms. The second-order valence-electron chi connectivity index (χ2n) is 3.84. The van der Waals surface area contributed by atoms with Gasteiger partial charge in [-0.3, -0.25) is 0 Å². The predicted octanol–water partition coefficient (Wildman–Crippen LogP) is 1.71. The molecule has 0 saturated heterocycles. The molecule has 0 aliphatic heterocycles. The molecule has 1 aliphatic rings. The SMILES string of the molecule is CCC(C)n1nnc(N)c1C1CC1. The van der Waals surface area contributed by atoms with Gasteiger partial charge in [0.15, 0.2) is 5.82 Å². The molecular formula is C9H16N4. The molecule has 1 aromatic heterocycles. The van der Waals surface area contributed by atoms with E-state index in [1.807, 2.05) is 4.68 Å². The summed E-state index contributed by atoms with van der Waals surface area (Å²) in [7, 11) is 0. The number of hydrogen-bond donors (Lipinski definition) is 1. The molecule has 0 radical (unpaired) electrons. The zero-order valence-corrected chi connectivity index (χ0v) is 8.20. The molecule has 0 bridgehead atoms. The van der Waals surface area contributed by atoms with Gasteiger partial charge >= 0.3 is 0 Å². The zero-order chi connectivity index (χ0) is 9.42. The van der Waals surface area contributed by atoms with Crippen LogP contribution >= 0.6 is 0 Å². The Kier molecular flexibility index (Phi) is 1.98. The third-order valence-electron chi connectivity index (χ3n) is 2.73. The van der Waals surface area contributed by atoms with Gasteiger partial charge in [0, 0.05) is 5.92 Å². The highest BCUT2D eigenvalue weighted by atomic mass is 15.5. The van der Waals surface area contributed by atoms with Crippen molar-refractivity contribution >= 4 is 5.82 Å². The molecule has 1 heterocycles. The first kappa shape index (κ1) is 8.53. The van der Waals surface area contributed by atoms with Crippen LogP contribution in [0.25, 0.3) is 0 Å². The van der Waals surface area contributed by atoms with Crippen LogP contribution in [0, 0.1) is 0 Å². The first-order chi connectivity index (χ1) is 6.24. The summed E-state index contributed by atoms with van der Waals surface area (Å²) in [5.74, 6) is 1.26. The first-order valence-corrected chi connectivity index (χ1v) is 4.94. The fourth-order valence-electron chi connectivity index (χ4n) is 1.56. The van der Waals surface area contributed by atoms with Gasteiger partial charge in [-0.15, -0.1) is 5.10 Å². The summed E-state index contributed by atoms with van der Waals surface area (Å²) in [6.07, 6.45) is 3.56. The summed E-state index contributed by atoms with van der Waals surface area (Å²) in [5, 5.41) is 8.03. The van der Waals surface area contributed by atoms with Crippen molar-refractivity contribution < 1.29 is 0 Å². The lowest BCUT2D eigenvalue weighted by molar-refractivity contribution is 0.448. The van der Waals surface area contributed by atoms with E-state index < -0.39 is 0 Å². The highest BCUT2D eigenvalue weighted by molar-refractivity contribution is 5.38. The summed E-state index contributed by atoms with van der Waals surface area (Å²) in [6, 6.07) is 0.417. The van der Waals surface area contributed by atoms with Crippen LogP contribution < -0.4 is 5.73 Å². The maximum atomic E-state index is 5.78. The Morgan fingerprint density at radius 3 is 2.85 bits per heavy atom. The summed E-state index contributed by atoms with van der Waals surface area (Å²) in [5.41, 5.74) is 6.94. The molecule has 1 fully saturated rings. The van der Waals surface area contributed by atoms with Crippen LogP contribution in [0.5, 0.6) is 0 Å². The number of rotatable bonds is 3. The van der Waals surface area contributed by atoms with Crippen LogP contribution in [-0.4, -0.2) is 15.0 Å². The van der Waals surface area contributed by atoms with E-state index in [0.717, 1.165) is 12.1 Å². The van der Waals surface area contributed by atoms with Crippen molar-refractivity contribution in [3.05, 3.63) is 5.69 Å². The molecule has 1 unspecified atom stereocenters. The van der Waals surface area contributed by atoms with Crippen molar-refractivity contribution in [2.75, 3.05) is 5.73 Å². The van der Waals surface area contributed by atoms with Crippen molar-refractivity contribution in [2.45, 2.75) is 45.1 Å². The van der Waals surface area contributed by atoms with Crippen molar-refractivity contribution in [3.63, 3.8) is 0 Å². The number of anilines is 1. The lowest BCUT2D eigenvalue weighted by Crippen LogP contribution is -2.09. The van der Waals surface area contributed by atoms with E-state index in [1.54, 1.807) is 0 Å². The molecular weight excluding hydrogens is 164 g/mol. The molecule has 1 aromatic rings. The topological polar surface area (TPSA) is 56.7 Å². The monoisotopic (exact) mass is 180 g/mol. The molecule has 4 heteroatoms. The van der Waals surface area contributed by atoms with E-state index in [1.165, 1.54) is 12.8 Å². The molecule has 2 N–H and O–H groups in total. The van der Waals surface area contributed by atoms with Gasteiger partial charge in [-0.05, 0) is 26.2 Å². The highest BCUT2D eigenvalue weighted by Gasteiger charge is 2.31. The van der Waals surface area contributed by atoms with Crippen molar-refractivity contribution in [3.8, 4) is 0 Å². The van der Waals surface area contributed by atoms with Crippen molar-refractivity contribution in [2.24, 2.45) is 0 Å². The molecule has 0 spiro atoms. The maximum absolute atomic E-state index is 5.78. The van der Waals surface area contributed by atoms with Gasteiger partial charge in [-0.2, -0.15) is 0 Å². The lowest BCUT2D eigenvalue weighted by Gasteiger charge is -2.11. The molecule has 0 amide bonds. The van der Waals surface area contributed by atoms with E-state index in [0.29, 0.717) is 17.8 Å². The van der Waals surface area contributed by atoms with E-state index >= 15 is 0 Å². The van der Waals surface area contributed by atoms with Crippen LogP contribution in [0.3, 0.4) is 0 Å². The fraction of sp³-hybridized carbons (Fsp3) is 0.778. The number of hydrogen-bond acceptors (Lipinski definition) is 3. The molecule has 4 nitrogen and oxygen atoms in total. The zero-order valence-electron chi connectivity index (χ0n) is 8.20. The van der Waals surface area contributed by atoms with Crippen LogP contribution in [0.4, 0.5) is 5.82 Å². The molecule has 0 aromatic carbocycles. The number of aromatic nitrogens is 3. The molecule has 2 rings (SSSR count). The maximum Gasteiger partial charge on any atom is 0.169 e. The summed E-state index contributed by atoms with van der Waals surface area (Å²) in [4.78, 5) is 0. The van der Waals surface area contributed by atoms with Gasteiger partial charge in [0.25, 0.3) is 0 Å². The fourth-order valence-corrected chi connectivity index (χ4v) is 1.56. The average molecular weight is 180 g/mol. The average Bonchev–Trinajstić information content (AvgIpc) is 2.89. The Hall–Kier alpha value is -1.06. The number of nitrogens with two attached hydrogens (primary N) is 1. The van der Waals surface area contributed by atoms with E-state index in [-0.39, 0.29) is 0 Å². The van der Waals surface area contributed by atoms with Crippen LogP contribution in [-0.2, 0) is 0 Å². The van der Waals surface area contributed by atoms with Crippen LogP contribution in [0.2, 0.25) is 0 Å². The largest absolute Gasteiger partial charge is 0.381 e. The van der Waals surface area contributed by atoms with E-state index in [9.17, 15) is 0 Å². The third-order valence-corrected chi connectivity index (χ3v) is 2.73. The van der Waals surface area contributed by atoms with Gasteiger partial charge in [0.1, 0.15) is 0 Å². The van der Waals surface area contributed by atoms with Gasteiger partial charge in [0.05, 0.1) is 11.7 Å². The van der Waals surface area contributed by atoms with E-state index in [2.05, 4.69) is 24.2 Å². The van der Waals surface area contributed by atoms with Crippen LogP contribution in [0.1, 0.15) is 50.8 Å². The predicted molar refractivity (Wildman–Crippen MR) is 51.4 cm³/mol. The quantitative estimate of drug-likeness (QED) is 0.770. The Bertz CT molecular complexity index is 301. The Balaban J connectivity index is 2.33. The Morgan fingerprint density at radius 1 is 1.62 bits per heavy atom. The second kappa shape index (κ2) is 3.01. The van der Waals surface area contributed by atoms with Crippen molar-refractivity contribution in [1.29, 1.82) is 0 Å². The highest BCUT2D eigenvalue weighted by Crippen LogP contribution is 2.42. The third kappa shape index (κ3) is 1.41. The first-order valence-electron chi connectivity index (χ1n) is 4.94. The second-order valence-corrected chi connectivity index (χ2v) is 3.84. The smallest absolute Gasteiger partial charge is 0.169 e. The summed E-state index contributed by atoms with van der Waals surface area (Å²) in [6.45, 7) is 4.30. The normalized spacial score (nSPS) is 18.9. The minimum Gasteiger partial charge on any atom is -0.381 e. The molecule has 1 aliphatic carbocycles. The van der Waals surface area contributed by atoms with Gasteiger partial charge < -0.3 is 5.73 Å². The summed E-state index contributed by atoms with van der Waals surface area (Å²) < 4.78 is 1.99. The summed E-state index contributed by atoms with van der Waals surface area (Å²) >= 11 is 0. The standard InChI is InChI=1S/C9H16N4/c1-3-6(2)13-8(7-4-5-7)9(10)11-12-13/h6-7H,3-5,10H2,1-2H3. The van der Waals surface area contributed by atoms with Gasteiger partial charge in [-0.1, -0.05) is 12.1 Å². The van der Waals surface area contributed by atoms with Crippen LogP contribution in [0.15, 0.2) is 0 Å². The minimum atomic E-state index is 0.417. The van der Waals surface area contributed by atoms with Gasteiger partial charge in [-0.25, -0.2) is 4.68 Å². The van der Waals surface area contributed by atoms with E-state index in [4.69, 9.17) is 5.73 Å². The Morgan fingerprint density at radius 2 is 2.31 bits per heavy atom. The Labute approximate surface area is 78.1 Å². The minimum absolute atomic E-state index is 0.417. The number of nitrogen functional groups attached to an aromatic ring is 1. The molecule has 1 saturated carbocycles. The van der Waals surface area contributed by atoms with Gasteiger partial charge in [0.2, 0.25) is 0 Å². The van der Waals surface area contributed by atoms with Crippen molar-refractivity contribution in [1.82, 2.24) is 15.0 Å². The molecule has 72 valence electrons. The number of nitrogens with zero attached hydrogens (tertiary/aromatic N) is 3. The lowest BCUT2D eigenvalue weighted by atomic mass is 10.2. The molecule has 1 atom stereocenters.